The molecule has 1 rings (SSSR count). The van der Waals surface area contributed by atoms with Crippen molar-refractivity contribution in [2.24, 2.45) is 0 Å². The van der Waals surface area contributed by atoms with Crippen molar-refractivity contribution in [3.05, 3.63) is 30.1 Å². The van der Waals surface area contributed by atoms with Crippen molar-refractivity contribution in [3.63, 3.8) is 0 Å². The Morgan fingerprint density at radius 1 is 1.27 bits per heavy atom. The van der Waals surface area contributed by atoms with Crippen LogP contribution in [-0.4, -0.2) is 22.0 Å². The summed E-state index contributed by atoms with van der Waals surface area (Å²) in [5.74, 6) is -1.22. The molecule has 80 valence electrons. The first-order chi connectivity index (χ1) is 7.18. The molecule has 15 heavy (non-hydrogen) atoms. The summed E-state index contributed by atoms with van der Waals surface area (Å²) in [6.45, 7) is 0.404. The van der Waals surface area contributed by atoms with E-state index >= 15 is 0 Å². The number of rotatable bonds is 5. The smallest absolute Gasteiger partial charge is 0.303 e. The fourth-order valence-electron chi connectivity index (χ4n) is 1.01. The number of carbonyl (C=O) groups excluding carboxylic acids is 1. The lowest BCUT2D eigenvalue weighted by Crippen LogP contribution is -2.23. The molecular formula is C10H12N2O3. The number of carbonyl (C=O) groups is 2. The quantitative estimate of drug-likeness (QED) is 0.741. The number of amides is 1. The standard InChI is InChI=1S/C10H12N2O3/c13-9(1-2-10(14)15)12-7-8-3-5-11-6-4-8/h3-6H,1-2,7H2,(H,12,13)(H,14,15). The van der Waals surface area contributed by atoms with E-state index in [2.05, 4.69) is 10.3 Å². The molecule has 0 aliphatic heterocycles. The lowest BCUT2D eigenvalue weighted by molar-refractivity contribution is -0.138. The SMILES string of the molecule is O=C(O)CCC(=O)NCc1ccncc1. The second-order valence-corrected chi connectivity index (χ2v) is 3.03. The maximum atomic E-state index is 11.1. The van der Waals surface area contributed by atoms with Gasteiger partial charge in [-0.25, -0.2) is 0 Å². The number of carboxylic acid groups (broad SMARTS) is 1. The monoisotopic (exact) mass is 208 g/mol. The molecule has 5 heteroatoms. The molecule has 5 nitrogen and oxygen atoms in total. The molecule has 0 saturated carbocycles. The van der Waals surface area contributed by atoms with Gasteiger partial charge in [-0.2, -0.15) is 0 Å². The number of aromatic nitrogens is 1. The summed E-state index contributed by atoms with van der Waals surface area (Å²) in [4.78, 5) is 25.2. The highest BCUT2D eigenvalue weighted by atomic mass is 16.4. The molecule has 1 aromatic rings. The number of aliphatic carboxylic acids is 1. The molecule has 0 unspecified atom stereocenters. The highest BCUT2D eigenvalue weighted by Gasteiger charge is 2.04. The first-order valence-corrected chi connectivity index (χ1v) is 4.56. The molecule has 1 amide bonds. The molecule has 0 aliphatic rings. The van der Waals surface area contributed by atoms with Crippen LogP contribution in [0.4, 0.5) is 0 Å². The Balaban J connectivity index is 2.26. The van der Waals surface area contributed by atoms with Crippen LogP contribution in [0.1, 0.15) is 18.4 Å². The summed E-state index contributed by atoms with van der Waals surface area (Å²) < 4.78 is 0. The van der Waals surface area contributed by atoms with Gasteiger partial charge < -0.3 is 10.4 Å². The Bertz CT molecular complexity index is 338. The summed E-state index contributed by atoms with van der Waals surface area (Å²) in [6.07, 6.45) is 3.15. The molecule has 0 fully saturated rings. The van der Waals surface area contributed by atoms with Gasteiger partial charge in [0.1, 0.15) is 0 Å². The van der Waals surface area contributed by atoms with Gasteiger partial charge in [-0.05, 0) is 17.7 Å². The number of nitrogens with one attached hydrogen (secondary N) is 1. The van der Waals surface area contributed by atoms with Crippen molar-refractivity contribution in [1.82, 2.24) is 10.3 Å². The first-order valence-electron chi connectivity index (χ1n) is 4.56. The molecule has 0 aliphatic carbocycles. The molecule has 0 atom stereocenters. The Labute approximate surface area is 87.1 Å². The summed E-state index contributed by atoms with van der Waals surface area (Å²) in [5, 5.41) is 11.0. The largest absolute Gasteiger partial charge is 0.481 e. The number of hydrogen-bond acceptors (Lipinski definition) is 3. The van der Waals surface area contributed by atoms with Crippen LogP contribution in [0.3, 0.4) is 0 Å². The van der Waals surface area contributed by atoms with Gasteiger partial charge in [0, 0.05) is 25.4 Å². The Morgan fingerprint density at radius 3 is 2.53 bits per heavy atom. The van der Waals surface area contributed by atoms with Crippen LogP contribution in [0.15, 0.2) is 24.5 Å². The first kappa shape index (κ1) is 11.2. The number of nitrogens with zero attached hydrogens (tertiary/aromatic N) is 1. The van der Waals surface area contributed by atoms with Crippen LogP contribution in [0.5, 0.6) is 0 Å². The number of carboxylic acids is 1. The molecule has 1 aromatic heterocycles. The average molecular weight is 208 g/mol. The van der Waals surface area contributed by atoms with E-state index in [0.29, 0.717) is 6.54 Å². The van der Waals surface area contributed by atoms with Crippen LogP contribution < -0.4 is 5.32 Å². The van der Waals surface area contributed by atoms with Gasteiger partial charge in [-0.1, -0.05) is 0 Å². The van der Waals surface area contributed by atoms with Gasteiger partial charge in [0.2, 0.25) is 5.91 Å². The zero-order valence-corrected chi connectivity index (χ0v) is 8.14. The van der Waals surface area contributed by atoms with Gasteiger partial charge in [-0.3, -0.25) is 14.6 Å². The van der Waals surface area contributed by atoms with Crippen LogP contribution in [0.25, 0.3) is 0 Å². The maximum absolute atomic E-state index is 11.1. The molecule has 1 heterocycles. The summed E-state index contributed by atoms with van der Waals surface area (Å²) in [6, 6.07) is 3.58. The molecule has 0 radical (unpaired) electrons. The Kier molecular flexibility index (Phi) is 4.28. The van der Waals surface area contributed by atoms with Crippen molar-refractivity contribution < 1.29 is 14.7 Å². The van der Waals surface area contributed by atoms with E-state index in [4.69, 9.17) is 5.11 Å². The maximum Gasteiger partial charge on any atom is 0.303 e. The lowest BCUT2D eigenvalue weighted by atomic mass is 10.2. The minimum absolute atomic E-state index is 0.0143. The van der Waals surface area contributed by atoms with Crippen molar-refractivity contribution in [2.45, 2.75) is 19.4 Å². The Hall–Kier alpha value is -1.91. The molecular weight excluding hydrogens is 196 g/mol. The van der Waals surface area contributed by atoms with E-state index in [1.54, 1.807) is 24.5 Å². The van der Waals surface area contributed by atoms with Gasteiger partial charge in [0.15, 0.2) is 0 Å². The minimum atomic E-state index is -0.964. The predicted octanol–water partition coefficient (Wildman–Crippen LogP) is 0.563. The van der Waals surface area contributed by atoms with Crippen molar-refractivity contribution in [2.75, 3.05) is 0 Å². The number of pyridine rings is 1. The van der Waals surface area contributed by atoms with Crippen LogP contribution in [0.2, 0.25) is 0 Å². The van der Waals surface area contributed by atoms with E-state index in [1.807, 2.05) is 0 Å². The molecule has 0 spiro atoms. The average Bonchev–Trinajstić information content (AvgIpc) is 2.25. The second kappa shape index (κ2) is 5.74. The zero-order chi connectivity index (χ0) is 11.1. The highest BCUT2D eigenvalue weighted by Crippen LogP contribution is 1.96. The topological polar surface area (TPSA) is 79.3 Å². The van der Waals surface area contributed by atoms with E-state index in [0.717, 1.165) is 5.56 Å². The Morgan fingerprint density at radius 2 is 1.93 bits per heavy atom. The van der Waals surface area contributed by atoms with E-state index < -0.39 is 5.97 Å². The minimum Gasteiger partial charge on any atom is -0.481 e. The van der Waals surface area contributed by atoms with E-state index in [-0.39, 0.29) is 18.7 Å². The summed E-state index contributed by atoms with van der Waals surface area (Å²) >= 11 is 0. The third-order valence-corrected chi connectivity index (χ3v) is 1.80. The second-order valence-electron chi connectivity index (χ2n) is 3.03. The fourth-order valence-corrected chi connectivity index (χ4v) is 1.01. The van der Waals surface area contributed by atoms with Crippen LogP contribution in [0, 0.1) is 0 Å². The third-order valence-electron chi connectivity index (χ3n) is 1.80. The van der Waals surface area contributed by atoms with Gasteiger partial charge in [0.05, 0.1) is 6.42 Å². The molecule has 2 N–H and O–H groups in total. The third kappa shape index (κ3) is 4.75. The summed E-state index contributed by atoms with van der Waals surface area (Å²) in [7, 11) is 0. The van der Waals surface area contributed by atoms with Crippen LogP contribution in [-0.2, 0) is 16.1 Å². The molecule has 0 saturated heterocycles. The van der Waals surface area contributed by atoms with Gasteiger partial charge in [0.25, 0.3) is 0 Å². The fraction of sp³-hybridized carbons (Fsp3) is 0.300. The van der Waals surface area contributed by atoms with Gasteiger partial charge >= 0.3 is 5.97 Å². The normalized spacial score (nSPS) is 9.60. The molecule has 0 aromatic carbocycles. The number of hydrogen-bond donors (Lipinski definition) is 2. The summed E-state index contributed by atoms with van der Waals surface area (Å²) in [5.41, 5.74) is 0.939. The lowest BCUT2D eigenvalue weighted by Gasteiger charge is -2.03. The predicted molar refractivity (Wildman–Crippen MR) is 53.0 cm³/mol. The van der Waals surface area contributed by atoms with E-state index in [9.17, 15) is 9.59 Å². The van der Waals surface area contributed by atoms with Crippen molar-refractivity contribution in [1.29, 1.82) is 0 Å². The highest BCUT2D eigenvalue weighted by molar-refractivity contribution is 5.80. The van der Waals surface area contributed by atoms with Gasteiger partial charge in [-0.15, -0.1) is 0 Å². The zero-order valence-electron chi connectivity index (χ0n) is 8.14. The van der Waals surface area contributed by atoms with Crippen molar-refractivity contribution in [3.8, 4) is 0 Å². The van der Waals surface area contributed by atoms with Crippen LogP contribution >= 0.6 is 0 Å². The van der Waals surface area contributed by atoms with Crippen molar-refractivity contribution >= 4 is 11.9 Å². The van der Waals surface area contributed by atoms with E-state index in [1.165, 1.54) is 0 Å². The molecule has 0 bridgehead atoms.